The summed E-state index contributed by atoms with van der Waals surface area (Å²) in [5.74, 6) is 0. The van der Waals surface area contributed by atoms with Crippen molar-refractivity contribution in [3.05, 3.63) is 72.8 Å². The minimum atomic E-state index is 0.658. The van der Waals surface area contributed by atoms with Crippen molar-refractivity contribution >= 4 is 17.3 Å². The molecule has 0 aliphatic heterocycles. The normalized spacial score (nSPS) is 10.8. The zero-order chi connectivity index (χ0) is 15.6. The number of fused-ring (bicyclic) bond motifs is 1. The fourth-order valence-corrected chi connectivity index (χ4v) is 2.72. The van der Waals surface area contributed by atoms with E-state index in [0.717, 1.165) is 39.6 Å². The van der Waals surface area contributed by atoms with Crippen molar-refractivity contribution in [1.29, 1.82) is 0 Å². The summed E-state index contributed by atoms with van der Waals surface area (Å²) < 4.78 is 0. The Balaban J connectivity index is 1.88. The molecule has 3 aromatic heterocycles. The van der Waals surface area contributed by atoms with Gasteiger partial charge < -0.3 is 4.98 Å². The summed E-state index contributed by atoms with van der Waals surface area (Å²) in [7, 11) is 0. The molecule has 0 radical (unpaired) electrons. The lowest BCUT2D eigenvalue weighted by molar-refractivity contribution is 0.112. The zero-order valence-electron chi connectivity index (χ0n) is 12.2. The Morgan fingerprint density at radius 1 is 0.957 bits per heavy atom. The first-order valence-electron chi connectivity index (χ1n) is 7.28. The van der Waals surface area contributed by atoms with Crippen LogP contribution in [0.5, 0.6) is 0 Å². The molecule has 0 fully saturated rings. The van der Waals surface area contributed by atoms with Gasteiger partial charge in [0.1, 0.15) is 11.9 Å². The second-order valence-electron chi connectivity index (χ2n) is 5.30. The molecular weight excluding hydrogens is 286 g/mol. The van der Waals surface area contributed by atoms with Crippen LogP contribution in [-0.4, -0.2) is 21.2 Å². The molecule has 4 aromatic rings. The molecule has 0 saturated carbocycles. The number of hydrogen-bond donors (Lipinski definition) is 1. The number of benzene rings is 1. The number of carbonyl (C=O) groups excluding carboxylic acids is 1. The first kappa shape index (κ1) is 13.4. The zero-order valence-corrected chi connectivity index (χ0v) is 12.2. The topological polar surface area (TPSA) is 58.6 Å². The standard InChI is InChI=1S/C19H13N3O/c23-12-13-2-1-3-15(8-13)16-9-17-18(11-22-19(17)21-10-16)14-4-6-20-7-5-14/h1-12H,(H,21,22). The molecule has 110 valence electrons. The van der Waals surface area contributed by atoms with E-state index in [1.165, 1.54) is 0 Å². The van der Waals surface area contributed by atoms with Crippen LogP contribution in [0.25, 0.3) is 33.3 Å². The maximum atomic E-state index is 11.0. The minimum Gasteiger partial charge on any atom is -0.346 e. The Hall–Kier alpha value is -3.27. The fraction of sp³-hybridized carbons (Fsp3) is 0. The molecule has 0 amide bonds. The number of nitrogens with one attached hydrogen (secondary N) is 1. The first-order valence-corrected chi connectivity index (χ1v) is 7.28. The Kier molecular flexibility index (Phi) is 3.20. The van der Waals surface area contributed by atoms with E-state index in [0.29, 0.717) is 5.56 Å². The SMILES string of the molecule is O=Cc1cccc(-c2cnc3[nH]cc(-c4ccncc4)c3c2)c1. The van der Waals surface area contributed by atoms with Gasteiger partial charge in [-0.15, -0.1) is 0 Å². The summed E-state index contributed by atoms with van der Waals surface area (Å²) in [6.45, 7) is 0. The molecule has 4 heteroatoms. The molecule has 0 aliphatic rings. The lowest BCUT2D eigenvalue weighted by atomic mass is 10.0. The lowest BCUT2D eigenvalue weighted by Crippen LogP contribution is -1.85. The number of hydrogen-bond acceptors (Lipinski definition) is 3. The summed E-state index contributed by atoms with van der Waals surface area (Å²) in [6, 6.07) is 13.6. The quantitative estimate of drug-likeness (QED) is 0.579. The highest BCUT2D eigenvalue weighted by molar-refractivity contribution is 5.95. The largest absolute Gasteiger partial charge is 0.346 e. The van der Waals surface area contributed by atoms with Crippen LogP contribution in [0.4, 0.5) is 0 Å². The molecule has 0 bridgehead atoms. The summed E-state index contributed by atoms with van der Waals surface area (Å²) >= 11 is 0. The molecule has 0 aliphatic carbocycles. The Morgan fingerprint density at radius 2 is 1.83 bits per heavy atom. The molecule has 0 spiro atoms. The smallest absolute Gasteiger partial charge is 0.150 e. The molecule has 4 nitrogen and oxygen atoms in total. The van der Waals surface area contributed by atoms with Crippen LogP contribution in [0, 0.1) is 0 Å². The molecule has 23 heavy (non-hydrogen) atoms. The molecule has 1 aromatic carbocycles. The van der Waals surface area contributed by atoms with Crippen LogP contribution in [0.3, 0.4) is 0 Å². The van der Waals surface area contributed by atoms with E-state index >= 15 is 0 Å². The van der Waals surface area contributed by atoms with Gasteiger partial charge in [-0.05, 0) is 35.4 Å². The number of rotatable bonds is 3. The predicted octanol–water partition coefficient (Wildman–Crippen LogP) is 4.10. The van der Waals surface area contributed by atoms with E-state index < -0.39 is 0 Å². The van der Waals surface area contributed by atoms with Gasteiger partial charge in [-0.3, -0.25) is 9.78 Å². The van der Waals surface area contributed by atoms with Gasteiger partial charge in [-0.1, -0.05) is 18.2 Å². The van der Waals surface area contributed by atoms with Crippen LogP contribution in [-0.2, 0) is 0 Å². The molecule has 0 saturated heterocycles. The molecule has 1 N–H and O–H groups in total. The molecule has 4 rings (SSSR count). The highest BCUT2D eigenvalue weighted by atomic mass is 16.1. The third-order valence-electron chi connectivity index (χ3n) is 3.88. The van der Waals surface area contributed by atoms with Crippen molar-refractivity contribution in [3.63, 3.8) is 0 Å². The first-order chi connectivity index (χ1) is 11.3. The number of pyridine rings is 2. The maximum absolute atomic E-state index is 11.0. The Morgan fingerprint density at radius 3 is 2.65 bits per heavy atom. The number of H-pyrrole nitrogens is 1. The van der Waals surface area contributed by atoms with Crippen LogP contribution in [0.15, 0.2) is 67.3 Å². The van der Waals surface area contributed by atoms with Gasteiger partial charge in [0.2, 0.25) is 0 Å². The van der Waals surface area contributed by atoms with Crippen molar-refractivity contribution in [2.24, 2.45) is 0 Å². The Bertz CT molecular complexity index is 990. The molecule has 0 unspecified atom stereocenters. The number of aldehydes is 1. The van der Waals surface area contributed by atoms with Gasteiger partial charge in [0.25, 0.3) is 0 Å². The lowest BCUT2D eigenvalue weighted by Gasteiger charge is -2.04. The summed E-state index contributed by atoms with van der Waals surface area (Å²) in [5.41, 5.74) is 5.63. The maximum Gasteiger partial charge on any atom is 0.150 e. The van der Waals surface area contributed by atoms with Crippen LogP contribution in [0.2, 0.25) is 0 Å². The second kappa shape index (κ2) is 5.50. The third kappa shape index (κ3) is 2.40. The second-order valence-corrected chi connectivity index (χ2v) is 5.30. The number of aromatic nitrogens is 3. The summed E-state index contributed by atoms with van der Waals surface area (Å²) in [6.07, 6.45) is 8.18. The monoisotopic (exact) mass is 299 g/mol. The van der Waals surface area contributed by atoms with Crippen molar-refractivity contribution in [3.8, 4) is 22.3 Å². The minimum absolute atomic E-state index is 0.658. The van der Waals surface area contributed by atoms with E-state index in [4.69, 9.17) is 0 Å². The van der Waals surface area contributed by atoms with Crippen LogP contribution >= 0.6 is 0 Å². The van der Waals surface area contributed by atoms with E-state index in [1.807, 2.05) is 42.7 Å². The van der Waals surface area contributed by atoms with E-state index in [2.05, 4.69) is 21.0 Å². The highest BCUT2D eigenvalue weighted by Gasteiger charge is 2.09. The number of carbonyl (C=O) groups is 1. The van der Waals surface area contributed by atoms with Gasteiger partial charge in [-0.2, -0.15) is 0 Å². The van der Waals surface area contributed by atoms with Crippen molar-refractivity contribution < 1.29 is 4.79 Å². The van der Waals surface area contributed by atoms with Gasteiger partial charge in [0.05, 0.1) is 0 Å². The summed E-state index contributed by atoms with van der Waals surface area (Å²) in [5, 5.41) is 1.05. The van der Waals surface area contributed by atoms with Crippen molar-refractivity contribution in [1.82, 2.24) is 15.0 Å². The Labute approximate surface area is 132 Å². The molecular formula is C19H13N3O. The fourth-order valence-electron chi connectivity index (χ4n) is 2.72. The molecule has 3 heterocycles. The van der Waals surface area contributed by atoms with E-state index in [9.17, 15) is 4.79 Å². The van der Waals surface area contributed by atoms with E-state index in [-0.39, 0.29) is 0 Å². The summed E-state index contributed by atoms with van der Waals surface area (Å²) in [4.78, 5) is 22.7. The third-order valence-corrected chi connectivity index (χ3v) is 3.88. The van der Waals surface area contributed by atoms with E-state index in [1.54, 1.807) is 18.5 Å². The average Bonchev–Trinajstić information content (AvgIpc) is 3.05. The molecule has 0 atom stereocenters. The number of nitrogens with zero attached hydrogens (tertiary/aromatic N) is 2. The van der Waals surface area contributed by atoms with Crippen LogP contribution < -0.4 is 0 Å². The van der Waals surface area contributed by atoms with Crippen LogP contribution in [0.1, 0.15) is 10.4 Å². The number of aromatic amines is 1. The highest BCUT2D eigenvalue weighted by Crippen LogP contribution is 2.30. The van der Waals surface area contributed by atoms with Gasteiger partial charge in [0, 0.05) is 46.9 Å². The van der Waals surface area contributed by atoms with Crippen molar-refractivity contribution in [2.45, 2.75) is 0 Å². The predicted molar refractivity (Wildman–Crippen MR) is 90.1 cm³/mol. The van der Waals surface area contributed by atoms with Gasteiger partial charge in [-0.25, -0.2) is 4.98 Å². The van der Waals surface area contributed by atoms with Gasteiger partial charge in [0.15, 0.2) is 0 Å². The van der Waals surface area contributed by atoms with Crippen molar-refractivity contribution in [2.75, 3.05) is 0 Å². The average molecular weight is 299 g/mol. The van der Waals surface area contributed by atoms with Gasteiger partial charge >= 0.3 is 0 Å².